The smallest absolute Gasteiger partial charge is 0.250 e. The minimum atomic E-state index is 0.399. The van der Waals surface area contributed by atoms with Gasteiger partial charge in [-0.25, -0.2) is 4.57 Å². The highest BCUT2D eigenvalue weighted by atomic mass is 16.5. The molecule has 23 heavy (non-hydrogen) atoms. The molecule has 0 bridgehead atoms. The number of hydrogen-bond donors (Lipinski definition) is 0. The summed E-state index contributed by atoms with van der Waals surface area (Å²) in [5, 5.41) is 2.35. The highest BCUT2D eigenvalue weighted by Crippen LogP contribution is 2.43. The lowest BCUT2D eigenvalue weighted by Crippen LogP contribution is -2.34. The Labute approximate surface area is 134 Å². The van der Waals surface area contributed by atoms with Crippen LogP contribution in [0, 0.1) is 0 Å². The first-order valence-corrected chi connectivity index (χ1v) is 7.99. The van der Waals surface area contributed by atoms with E-state index in [1.165, 1.54) is 10.9 Å². The van der Waals surface area contributed by atoms with Gasteiger partial charge in [-0.15, -0.1) is 0 Å². The Balaban J connectivity index is 1.93. The number of para-hydroxylation sites is 1. The highest BCUT2D eigenvalue weighted by Gasteiger charge is 2.30. The van der Waals surface area contributed by atoms with Crippen LogP contribution in [0.1, 0.15) is 19.9 Å². The first-order valence-electron chi connectivity index (χ1n) is 7.99. The number of aromatic nitrogens is 2. The van der Waals surface area contributed by atoms with Gasteiger partial charge in [-0.3, -0.25) is 0 Å². The van der Waals surface area contributed by atoms with Gasteiger partial charge in [-0.2, -0.15) is 4.57 Å². The fourth-order valence-corrected chi connectivity index (χ4v) is 3.52. The fourth-order valence-electron chi connectivity index (χ4n) is 3.52. The Bertz CT molecular complexity index is 1080. The molecule has 0 radical (unpaired) electrons. The maximum atomic E-state index is 6.32. The standard InChI is InChI=1S/C20H17N2O/c1-13(2)21-12-22-17-11-10-14-6-3-4-7-15(14)20(17)23-18-9-5-8-16(21)19(18)22/h3-13H,1-2H3/q+1. The summed E-state index contributed by atoms with van der Waals surface area (Å²) in [5.74, 6) is 1.86. The van der Waals surface area contributed by atoms with Crippen LogP contribution in [0.15, 0.2) is 60.9 Å². The van der Waals surface area contributed by atoms with Gasteiger partial charge < -0.3 is 4.74 Å². The molecular formula is C20H17N2O+. The predicted octanol–water partition coefficient (Wildman–Crippen LogP) is 4.76. The molecule has 3 heteroatoms. The summed E-state index contributed by atoms with van der Waals surface area (Å²) in [7, 11) is 0. The zero-order valence-corrected chi connectivity index (χ0v) is 13.2. The molecule has 4 aromatic rings. The van der Waals surface area contributed by atoms with Crippen LogP contribution in [0.2, 0.25) is 0 Å². The number of ether oxygens (including phenoxy) is 1. The van der Waals surface area contributed by atoms with E-state index in [1.807, 2.05) is 6.07 Å². The quantitative estimate of drug-likeness (QED) is 0.408. The Morgan fingerprint density at radius 1 is 0.957 bits per heavy atom. The molecule has 0 amide bonds. The van der Waals surface area contributed by atoms with Gasteiger partial charge in [0, 0.05) is 5.39 Å². The van der Waals surface area contributed by atoms with Crippen LogP contribution in [0.3, 0.4) is 0 Å². The predicted molar refractivity (Wildman–Crippen MR) is 91.4 cm³/mol. The van der Waals surface area contributed by atoms with Crippen molar-refractivity contribution in [2.24, 2.45) is 0 Å². The van der Waals surface area contributed by atoms with Gasteiger partial charge in [0.25, 0.3) is 0 Å². The monoisotopic (exact) mass is 301 g/mol. The lowest BCUT2D eigenvalue weighted by atomic mass is 10.1. The second-order valence-corrected chi connectivity index (χ2v) is 6.35. The Morgan fingerprint density at radius 2 is 1.83 bits per heavy atom. The van der Waals surface area contributed by atoms with Gasteiger partial charge in [0.15, 0.2) is 22.7 Å². The first-order chi connectivity index (χ1) is 11.2. The van der Waals surface area contributed by atoms with E-state index < -0.39 is 0 Å². The summed E-state index contributed by atoms with van der Waals surface area (Å²) in [6.07, 6.45) is 2.19. The molecule has 0 N–H and O–H groups in total. The van der Waals surface area contributed by atoms with Crippen molar-refractivity contribution >= 4 is 21.8 Å². The topological polar surface area (TPSA) is 18.0 Å². The fraction of sp³-hybridized carbons (Fsp3) is 0.150. The molecule has 1 aliphatic rings. The van der Waals surface area contributed by atoms with E-state index in [-0.39, 0.29) is 0 Å². The lowest BCUT2D eigenvalue weighted by molar-refractivity contribution is -0.691. The number of imidazole rings is 1. The van der Waals surface area contributed by atoms with Gasteiger partial charge in [0.1, 0.15) is 0 Å². The summed E-state index contributed by atoms with van der Waals surface area (Å²) in [6, 6.07) is 19.4. The van der Waals surface area contributed by atoms with Crippen LogP contribution < -0.4 is 9.30 Å². The lowest BCUT2D eigenvalue weighted by Gasteiger charge is -2.16. The van der Waals surface area contributed by atoms with E-state index >= 15 is 0 Å². The van der Waals surface area contributed by atoms with E-state index in [0.29, 0.717) is 6.04 Å². The van der Waals surface area contributed by atoms with Crippen molar-refractivity contribution in [2.75, 3.05) is 0 Å². The number of benzene rings is 3. The minimum absolute atomic E-state index is 0.399. The summed E-state index contributed by atoms with van der Waals surface area (Å²) >= 11 is 0. The average molecular weight is 301 g/mol. The molecule has 5 rings (SSSR count). The van der Waals surface area contributed by atoms with Gasteiger partial charge >= 0.3 is 0 Å². The molecule has 0 spiro atoms. The number of rotatable bonds is 1. The molecule has 0 saturated carbocycles. The molecule has 0 saturated heterocycles. The van der Waals surface area contributed by atoms with Crippen LogP contribution >= 0.6 is 0 Å². The molecule has 0 atom stereocenters. The van der Waals surface area contributed by atoms with E-state index in [9.17, 15) is 0 Å². The van der Waals surface area contributed by atoms with Crippen LogP contribution in [0.4, 0.5) is 0 Å². The third-order valence-electron chi connectivity index (χ3n) is 4.62. The third-order valence-corrected chi connectivity index (χ3v) is 4.62. The normalized spacial score (nSPS) is 12.7. The van der Waals surface area contributed by atoms with Gasteiger partial charge in [0.05, 0.1) is 6.04 Å². The molecule has 112 valence electrons. The summed E-state index contributed by atoms with van der Waals surface area (Å²) in [5.41, 5.74) is 3.45. The summed E-state index contributed by atoms with van der Waals surface area (Å²) < 4.78 is 10.9. The van der Waals surface area contributed by atoms with Crippen LogP contribution in [0.25, 0.3) is 27.5 Å². The second kappa shape index (κ2) is 4.35. The Morgan fingerprint density at radius 3 is 2.70 bits per heavy atom. The van der Waals surface area contributed by atoms with Crippen LogP contribution in [0.5, 0.6) is 11.5 Å². The zero-order valence-electron chi connectivity index (χ0n) is 13.2. The molecular weight excluding hydrogens is 284 g/mol. The van der Waals surface area contributed by atoms with Gasteiger partial charge in [-0.05, 0) is 43.5 Å². The Kier molecular flexibility index (Phi) is 2.41. The molecule has 0 aliphatic carbocycles. The van der Waals surface area contributed by atoms with Crippen molar-refractivity contribution in [3.8, 4) is 17.2 Å². The zero-order chi connectivity index (χ0) is 15.6. The first kappa shape index (κ1) is 12.7. The van der Waals surface area contributed by atoms with E-state index in [4.69, 9.17) is 4.74 Å². The molecule has 1 aliphatic heterocycles. The second-order valence-electron chi connectivity index (χ2n) is 6.35. The van der Waals surface area contributed by atoms with Crippen molar-refractivity contribution in [3.05, 3.63) is 60.9 Å². The molecule has 0 fully saturated rings. The maximum Gasteiger partial charge on any atom is 0.250 e. The van der Waals surface area contributed by atoms with Crippen LogP contribution in [-0.2, 0) is 0 Å². The Hall–Kier alpha value is -2.81. The van der Waals surface area contributed by atoms with Gasteiger partial charge in [0.2, 0.25) is 11.8 Å². The number of nitrogens with zero attached hydrogens (tertiary/aromatic N) is 2. The molecule has 1 aromatic heterocycles. The van der Waals surface area contributed by atoms with Crippen molar-refractivity contribution in [1.82, 2.24) is 4.57 Å². The van der Waals surface area contributed by atoms with E-state index in [2.05, 4.69) is 77.8 Å². The SMILES string of the molecule is CC(C)[n+]1cn2c3c(cccc31)Oc1c-2ccc2ccccc12. The van der Waals surface area contributed by atoms with E-state index in [1.54, 1.807) is 0 Å². The number of hydrogen-bond acceptors (Lipinski definition) is 1. The van der Waals surface area contributed by atoms with Crippen LogP contribution in [-0.4, -0.2) is 4.57 Å². The molecule has 0 unspecified atom stereocenters. The molecule has 3 aromatic carbocycles. The highest BCUT2D eigenvalue weighted by molar-refractivity contribution is 5.95. The van der Waals surface area contributed by atoms with Gasteiger partial charge in [-0.1, -0.05) is 30.3 Å². The van der Waals surface area contributed by atoms with Crippen molar-refractivity contribution in [3.63, 3.8) is 0 Å². The van der Waals surface area contributed by atoms with Crippen molar-refractivity contribution < 1.29 is 9.30 Å². The summed E-state index contributed by atoms with van der Waals surface area (Å²) in [6.45, 7) is 4.41. The minimum Gasteiger partial charge on any atom is -0.448 e. The van der Waals surface area contributed by atoms with Crippen molar-refractivity contribution in [2.45, 2.75) is 19.9 Å². The average Bonchev–Trinajstić information content (AvgIpc) is 2.97. The number of fused-ring (bicyclic) bond motifs is 4. The molecule has 2 heterocycles. The van der Waals surface area contributed by atoms with E-state index in [0.717, 1.165) is 28.1 Å². The largest absolute Gasteiger partial charge is 0.448 e. The van der Waals surface area contributed by atoms with Crippen molar-refractivity contribution in [1.29, 1.82) is 0 Å². The molecule has 3 nitrogen and oxygen atoms in total. The summed E-state index contributed by atoms with van der Waals surface area (Å²) in [4.78, 5) is 0. The maximum absolute atomic E-state index is 6.32. The third kappa shape index (κ3) is 1.62.